The van der Waals surface area contributed by atoms with Crippen molar-refractivity contribution in [3.05, 3.63) is 47.0 Å². The minimum atomic E-state index is -0.0977. The minimum Gasteiger partial charge on any atom is -0.497 e. The smallest absolute Gasteiger partial charge is 0.234 e. The Morgan fingerprint density at radius 3 is 2.46 bits per heavy atom. The number of benzene rings is 2. The molecular formula is C19H22ClNO4S. The molecule has 0 atom stereocenters. The quantitative estimate of drug-likeness (QED) is 0.637. The zero-order valence-corrected chi connectivity index (χ0v) is 16.6. The molecule has 2 aromatic carbocycles. The molecule has 1 N–H and O–H groups in total. The van der Waals surface area contributed by atoms with Crippen LogP contribution in [0.3, 0.4) is 0 Å². The van der Waals surface area contributed by atoms with Crippen molar-refractivity contribution in [3.63, 3.8) is 0 Å². The maximum atomic E-state index is 12.1. The van der Waals surface area contributed by atoms with E-state index in [2.05, 4.69) is 5.32 Å². The Hall–Kier alpha value is -2.05. The number of carbonyl (C=O) groups is 1. The van der Waals surface area contributed by atoms with E-state index < -0.39 is 0 Å². The number of ether oxygens (including phenoxy) is 3. The van der Waals surface area contributed by atoms with Crippen LogP contribution in [-0.4, -0.2) is 38.2 Å². The van der Waals surface area contributed by atoms with Gasteiger partial charge in [-0.15, -0.1) is 11.8 Å². The summed E-state index contributed by atoms with van der Waals surface area (Å²) >= 11 is 7.57. The molecule has 26 heavy (non-hydrogen) atoms. The SMILES string of the molecule is COc1ccc(OCCSCC(=O)Nc2cc(C)c(Cl)cc2OC)cc1. The molecule has 0 spiro atoms. The Balaban J connectivity index is 1.73. The summed E-state index contributed by atoms with van der Waals surface area (Å²) in [5.41, 5.74) is 1.50. The molecule has 1 amide bonds. The van der Waals surface area contributed by atoms with Gasteiger partial charge in [-0.05, 0) is 42.8 Å². The summed E-state index contributed by atoms with van der Waals surface area (Å²) in [7, 11) is 3.17. The van der Waals surface area contributed by atoms with E-state index >= 15 is 0 Å². The van der Waals surface area contributed by atoms with Gasteiger partial charge in [0.05, 0.1) is 32.3 Å². The van der Waals surface area contributed by atoms with Crippen molar-refractivity contribution < 1.29 is 19.0 Å². The summed E-state index contributed by atoms with van der Waals surface area (Å²) in [4.78, 5) is 12.1. The first-order valence-corrected chi connectivity index (χ1v) is 9.55. The highest BCUT2D eigenvalue weighted by Crippen LogP contribution is 2.31. The van der Waals surface area contributed by atoms with Gasteiger partial charge in [0, 0.05) is 16.8 Å². The lowest BCUT2D eigenvalue weighted by atomic mass is 10.2. The average molecular weight is 396 g/mol. The number of thioether (sulfide) groups is 1. The van der Waals surface area contributed by atoms with Crippen LogP contribution >= 0.6 is 23.4 Å². The molecule has 0 radical (unpaired) electrons. The molecule has 140 valence electrons. The molecule has 5 nitrogen and oxygen atoms in total. The van der Waals surface area contributed by atoms with E-state index in [1.165, 1.54) is 11.8 Å². The zero-order chi connectivity index (χ0) is 18.9. The maximum absolute atomic E-state index is 12.1. The molecule has 0 aliphatic rings. The van der Waals surface area contributed by atoms with Gasteiger partial charge in [-0.1, -0.05) is 11.6 Å². The van der Waals surface area contributed by atoms with E-state index in [-0.39, 0.29) is 5.91 Å². The number of amides is 1. The second-order valence-corrected chi connectivity index (χ2v) is 6.94. The van der Waals surface area contributed by atoms with Gasteiger partial charge in [-0.2, -0.15) is 0 Å². The first kappa shape index (κ1) is 20.3. The van der Waals surface area contributed by atoms with Crippen LogP contribution in [0, 0.1) is 6.92 Å². The number of aryl methyl sites for hydroxylation is 1. The predicted molar refractivity (Wildman–Crippen MR) is 107 cm³/mol. The Morgan fingerprint density at radius 2 is 1.81 bits per heavy atom. The molecule has 7 heteroatoms. The van der Waals surface area contributed by atoms with Crippen LogP contribution in [0.1, 0.15) is 5.56 Å². The van der Waals surface area contributed by atoms with Crippen LogP contribution in [0.4, 0.5) is 5.69 Å². The Kier molecular flexibility index (Phi) is 7.94. The lowest BCUT2D eigenvalue weighted by Crippen LogP contribution is -2.16. The summed E-state index contributed by atoms with van der Waals surface area (Å²) in [5, 5.41) is 3.45. The first-order chi connectivity index (χ1) is 12.5. The van der Waals surface area contributed by atoms with Crippen molar-refractivity contribution in [2.45, 2.75) is 6.92 Å². The van der Waals surface area contributed by atoms with Gasteiger partial charge in [0.15, 0.2) is 0 Å². The topological polar surface area (TPSA) is 56.8 Å². The van der Waals surface area contributed by atoms with E-state index in [4.69, 9.17) is 25.8 Å². The van der Waals surface area contributed by atoms with E-state index in [1.807, 2.05) is 31.2 Å². The van der Waals surface area contributed by atoms with Crippen molar-refractivity contribution in [1.29, 1.82) is 0 Å². The van der Waals surface area contributed by atoms with Gasteiger partial charge in [0.1, 0.15) is 17.2 Å². The monoisotopic (exact) mass is 395 g/mol. The van der Waals surface area contributed by atoms with Gasteiger partial charge >= 0.3 is 0 Å². The van der Waals surface area contributed by atoms with Crippen molar-refractivity contribution in [2.24, 2.45) is 0 Å². The Labute approximate surface area is 163 Å². The molecule has 0 unspecified atom stereocenters. The number of rotatable bonds is 9. The van der Waals surface area contributed by atoms with Gasteiger partial charge < -0.3 is 19.5 Å². The summed E-state index contributed by atoms with van der Waals surface area (Å²) in [6.45, 7) is 2.40. The highest BCUT2D eigenvalue weighted by molar-refractivity contribution is 7.99. The van der Waals surface area contributed by atoms with Crippen molar-refractivity contribution in [1.82, 2.24) is 0 Å². The van der Waals surface area contributed by atoms with Crippen molar-refractivity contribution in [3.8, 4) is 17.2 Å². The van der Waals surface area contributed by atoms with Crippen LogP contribution in [0.15, 0.2) is 36.4 Å². The largest absolute Gasteiger partial charge is 0.497 e. The number of methoxy groups -OCH3 is 2. The maximum Gasteiger partial charge on any atom is 0.234 e. The summed E-state index contributed by atoms with van der Waals surface area (Å²) in [6.07, 6.45) is 0. The first-order valence-electron chi connectivity index (χ1n) is 8.02. The van der Waals surface area contributed by atoms with Gasteiger partial charge in [0.2, 0.25) is 5.91 Å². The van der Waals surface area contributed by atoms with E-state index in [0.717, 1.165) is 17.1 Å². The fourth-order valence-corrected chi connectivity index (χ4v) is 2.93. The molecule has 0 fully saturated rings. The average Bonchev–Trinajstić information content (AvgIpc) is 2.64. The molecule has 0 saturated heterocycles. The Bertz CT molecular complexity index is 737. The molecule has 2 aromatic rings. The van der Waals surface area contributed by atoms with Crippen LogP contribution in [0.5, 0.6) is 17.2 Å². The third-order valence-corrected chi connectivity index (χ3v) is 4.87. The lowest BCUT2D eigenvalue weighted by Gasteiger charge is -2.12. The predicted octanol–water partition coefficient (Wildman–Crippen LogP) is 4.42. The molecule has 0 bridgehead atoms. The third kappa shape index (κ3) is 6.04. The summed E-state index contributed by atoms with van der Waals surface area (Å²) in [6, 6.07) is 10.9. The van der Waals surface area contributed by atoms with Crippen LogP contribution in [0.25, 0.3) is 0 Å². The number of hydrogen-bond acceptors (Lipinski definition) is 5. The summed E-state index contributed by atoms with van der Waals surface area (Å²) < 4.78 is 16.0. The van der Waals surface area contributed by atoms with Crippen LogP contribution in [-0.2, 0) is 4.79 Å². The number of carbonyl (C=O) groups excluding carboxylic acids is 1. The van der Waals surface area contributed by atoms with Crippen LogP contribution in [0.2, 0.25) is 5.02 Å². The fraction of sp³-hybridized carbons (Fsp3) is 0.316. The minimum absolute atomic E-state index is 0.0977. The second kappa shape index (κ2) is 10.2. The number of hydrogen-bond donors (Lipinski definition) is 1. The van der Waals surface area contributed by atoms with Crippen molar-refractivity contribution >= 4 is 35.0 Å². The third-order valence-electron chi connectivity index (χ3n) is 3.54. The highest BCUT2D eigenvalue weighted by atomic mass is 35.5. The standard InChI is InChI=1S/C19H22ClNO4S/c1-13-10-17(18(24-3)11-16(13)20)21-19(22)12-26-9-8-25-15-6-4-14(23-2)5-7-15/h4-7,10-11H,8-9,12H2,1-3H3,(H,21,22). The number of anilines is 1. The molecule has 0 aliphatic carbocycles. The normalized spacial score (nSPS) is 10.3. The van der Waals surface area contributed by atoms with Gasteiger partial charge in [0.25, 0.3) is 0 Å². The van der Waals surface area contributed by atoms with Crippen LogP contribution < -0.4 is 19.5 Å². The molecule has 0 aliphatic heterocycles. The zero-order valence-electron chi connectivity index (χ0n) is 15.0. The lowest BCUT2D eigenvalue weighted by molar-refractivity contribution is -0.113. The van der Waals surface area contributed by atoms with Gasteiger partial charge in [-0.3, -0.25) is 4.79 Å². The fourth-order valence-electron chi connectivity index (χ4n) is 2.17. The van der Waals surface area contributed by atoms with E-state index in [0.29, 0.717) is 34.6 Å². The van der Waals surface area contributed by atoms with Gasteiger partial charge in [-0.25, -0.2) is 0 Å². The molecule has 0 saturated carbocycles. The molecule has 0 heterocycles. The molecule has 2 rings (SSSR count). The van der Waals surface area contributed by atoms with E-state index in [9.17, 15) is 4.79 Å². The molecule has 0 aromatic heterocycles. The highest BCUT2D eigenvalue weighted by Gasteiger charge is 2.10. The van der Waals surface area contributed by atoms with E-state index in [1.54, 1.807) is 26.4 Å². The number of nitrogens with one attached hydrogen (secondary N) is 1. The molecular weight excluding hydrogens is 374 g/mol. The van der Waals surface area contributed by atoms with Crippen molar-refractivity contribution in [2.75, 3.05) is 37.6 Å². The Morgan fingerprint density at radius 1 is 1.12 bits per heavy atom. The summed E-state index contributed by atoms with van der Waals surface area (Å²) in [5.74, 6) is 3.04. The number of halogens is 1. The second-order valence-electron chi connectivity index (χ2n) is 5.43.